The molecule has 0 bridgehead atoms. The maximum absolute atomic E-state index is 12.6. The van der Waals surface area contributed by atoms with Gasteiger partial charge in [-0.05, 0) is 23.8 Å². The summed E-state index contributed by atoms with van der Waals surface area (Å²) in [6, 6.07) is 13.0. The topological polar surface area (TPSA) is 65.1 Å². The zero-order valence-electron chi connectivity index (χ0n) is 17.3. The predicted molar refractivity (Wildman–Crippen MR) is 111 cm³/mol. The van der Waals surface area contributed by atoms with Crippen LogP contribution in [0.3, 0.4) is 0 Å². The van der Waals surface area contributed by atoms with Gasteiger partial charge in [0, 0.05) is 29.9 Å². The molecule has 0 unspecified atom stereocenters. The maximum Gasteiger partial charge on any atom is 0.346 e. The van der Waals surface area contributed by atoms with Gasteiger partial charge < -0.3 is 19.1 Å². The Balaban J connectivity index is 1.77. The number of likely N-dealkylation sites (N-methyl/N-ethyl adjacent to an activating group) is 1. The molecule has 3 rings (SSSR count). The van der Waals surface area contributed by atoms with Crippen molar-refractivity contribution in [2.24, 2.45) is 0 Å². The summed E-state index contributed by atoms with van der Waals surface area (Å²) in [4.78, 5) is 27.1. The lowest BCUT2D eigenvalue weighted by Crippen LogP contribution is -2.25. The molecule has 29 heavy (non-hydrogen) atoms. The van der Waals surface area contributed by atoms with E-state index in [0.717, 1.165) is 16.9 Å². The number of para-hydroxylation sites is 1. The van der Waals surface area contributed by atoms with E-state index in [9.17, 15) is 9.59 Å². The molecular formula is C23H25NO5. The molecule has 0 fully saturated rings. The molecule has 0 aromatic heterocycles. The number of allylic oxidation sites excluding steroid dienone is 1. The summed E-state index contributed by atoms with van der Waals surface area (Å²) >= 11 is 0. The van der Waals surface area contributed by atoms with E-state index in [1.807, 2.05) is 30.1 Å². The lowest BCUT2D eigenvalue weighted by atomic mass is 9.83. The van der Waals surface area contributed by atoms with Crippen molar-refractivity contribution < 1.29 is 23.8 Å². The Bertz CT molecular complexity index is 955. The van der Waals surface area contributed by atoms with Crippen molar-refractivity contribution in [3.05, 3.63) is 65.4 Å². The third-order valence-electron chi connectivity index (χ3n) is 5.22. The Morgan fingerprint density at radius 1 is 1.00 bits per heavy atom. The maximum atomic E-state index is 12.6. The van der Waals surface area contributed by atoms with E-state index in [-0.39, 0.29) is 23.4 Å². The van der Waals surface area contributed by atoms with Gasteiger partial charge in [-0.2, -0.15) is 0 Å². The first kappa shape index (κ1) is 20.5. The van der Waals surface area contributed by atoms with Crippen LogP contribution in [-0.2, 0) is 14.9 Å². The van der Waals surface area contributed by atoms with Gasteiger partial charge in [0.05, 0.1) is 14.2 Å². The van der Waals surface area contributed by atoms with Crippen LogP contribution >= 0.6 is 0 Å². The van der Waals surface area contributed by atoms with Gasteiger partial charge in [-0.25, -0.2) is 4.79 Å². The molecule has 152 valence electrons. The largest absolute Gasteiger partial charge is 0.496 e. The SMILES string of the molecule is COc1cccc(OC)c1C(=O)OCC(=O)/C=C1/N(C)c2ccccc2C1(C)C. The third kappa shape index (κ3) is 3.70. The molecule has 1 heterocycles. The van der Waals surface area contributed by atoms with Gasteiger partial charge in [-0.3, -0.25) is 4.79 Å². The number of carbonyl (C=O) groups excluding carboxylic acids is 2. The monoisotopic (exact) mass is 395 g/mol. The Labute approximate surface area is 170 Å². The fourth-order valence-corrected chi connectivity index (χ4v) is 3.71. The molecule has 6 heteroatoms. The molecule has 1 aliphatic rings. The van der Waals surface area contributed by atoms with Crippen LogP contribution in [0.15, 0.2) is 54.2 Å². The van der Waals surface area contributed by atoms with Crippen molar-refractivity contribution in [1.29, 1.82) is 0 Å². The van der Waals surface area contributed by atoms with Gasteiger partial charge in [0.25, 0.3) is 0 Å². The minimum atomic E-state index is -0.673. The number of esters is 1. The molecule has 0 aliphatic carbocycles. The van der Waals surface area contributed by atoms with Crippen LogP contribution in [0.4, 0.5) is 5.69 Å². The first-order chi connectivity index (χ1) is 13.8. The van der Waals surface area contributed by atoms with Gasteiger partial charge in [0.15, 0.2) is 12.4 Å². The zero-order valence-corrected chi connectivity index (χ0v) is 17.3. The number of rotatable bonds is 6. The summed E-state index contributed by atoms with van der Waals surface area (Å²) in [5.41, 5.74) is 2.90. The summed E-state index contributed by atoms with van der Waals surface area (Å²) in [6.07, 6.45) is 1.55. The molecule has 2 aromatic carbocycles. The molecule has 0 amide bonds. The number of fused-ring (bicyclic) bond motifs is 1. The molecular weight excluding hydrogens is 370 g/mol. The van der Waals surface area contributed by atoms with E-state index in [0.29, 0.717) is 11.5 Å². The number of ketones is 1. The van der Waals surface area contributed by atoms with Crippen molar-refractivity contribution in [1.82, 2.24) is 0 Å². The second-order valence-corrected chi connectivity index (χ2v) is 7.31. The van der Waals surface area contributed by atoms with Crippen LogP contribution < -0.4 is 14.4 Å². The van der Waals surface area contributed by atoms with E-state index >= 15 is 0 Å². The van der Waals surface area contributed by atoms with E-state index in [2.05, 4.69) is 19.9 Å². The lowest BCUT2D eigenvalue weighted by Gasteiger charge is -2.23. The van der Waals surface area contributed by atoms with Crippen molar-refractivity contribution in [3.8, 4) is 11.5 Å². The smallest absolute Gasteiger partial charge is 0.346 e. The minimum absolute atomic E-state index is 0.156. The van der Waals surface area contributed by atoms with Crippen molar-refractivity contribution >= 4 is 17.4 Å². The first-order valence-electron chi connectivity index (χ1n) is 9.27. The van der Waals surface area contributed by atoms with Gasteiger partial charge in [-0.1, -0.05) is 38.1 Å². The molecule has 6 nitrogen and oxygen atoms in total. The first-order valence-corrected chi connectivity index (χ1v) is 9.27. The van der Waals surface area contributed by atoms with Gasteiger partial charge in [0.1, 0.15) is 17.1 Å². The molecule has 0 spiro atoms. The summed E-state index contributed by atoms with van der Waals surface area (Å²) in [5.74, 6) is -0.317. The Morgan fingerprint density at radius 2 is 1.62 bits per heavy atom. The molecule has 0 N–H and O–H groups in total. The summed E-state index contributed by atoms with van der Waals surface area (Å²) < 4.78 is 15.7. The second kappa shape index (κ2) is 7.99. The minimum Gasteiger partial charge on any atom is -0.496 e. The van der Waals surface area contributed by atoms with E-state index in [1.165, 1.54) is 14.2 Å². The van der Waals surface area contributed by atoms with Crippen LogP contribution in [0.5, 0.6) is 11.5 Å². The van der Waals surface area contributed by atoms with Crippen molar-refractivity contribution in [2.75, 3.05) is 32.8 Å². The molecule has 1 aliphatic heterocycles. The molecule has 0 saturated carbocycles. The highest BCUT2D eigenvalue weighted by atomic mass is 16.5. The average molecular weight is 395 g/mol. The number of nitrogens with zero attached hydrogens (tertiary/aromatic N) is 1. The molecule has 0 saturated heterocycles. The zero-order chi connectivity index (χ0) is 21.2. The van der Waals surface area contributed by atoms with E-state index in [1.54, 1.807) is 24.3 Å². The molecule has 2 aromatic rings. The van der Waals surface area contributed by atoms with Gasteiger partial charge in [-0.15, -0.1) is 0 Å². The van der Waals surface area contributed by atoms with Crippen LogP contribution in [0, 0.1) is 0 Å². The number of hydrogen-bond donors (Lipinski definition) is 0. The lowest BCUT2D eigenvalue weighted by molar-refractivity contribution is -0.117. The highest BCUT2D eigenvalue weighted by Crippen LogP contribution is 2.46. The Hall–Kier alpha value is -3.28. The van der Waals surface area contributed by atoms with E-state index in [4.69, 9.17) is 14.2 Å². The molecule has 0 atom stereocenters. The summed E-state index contributed by atoms with van der Waals surface area (Å²) in [5, 5.41) is 0. The highest BCUT2D eigenvalue weighted by molar-refractivity contribution is 5.99. The Kier molecular flexibility index (Phi) is 5.64. The summed E-state index contributed by atoms with van der Waals surface area (Å²) in [7, 11) is 4.84. The third-order valence-corrected chi connectivity index (χ3v) is 5.22. The average Bonchev–Trinajstić information content (AvgIpc) is 2.92. The van der Waals surface area contributed by atoms with Crippen LogP contribution in [0.2, 0.25) is 0 Å². The fourth-order valence-electron chi connectivity index (χ4n) is 3.71. The second-order valence-electron chi connectivity index (χ2n) is 7.31. The number of hydrogen-bond acceptors (Lipinski definition) is 6. The molecule has 0 radical (unpaired) electrons. The summed E-state index contributed by atoms with van der Waals surface area (Å²) in [6.45, 7) is 3.77. The number of methoxy groups -OCH3 is 2. The quantitative estimate of drug-likeness (QED) is 0.548. The fraction of sp³-hybridized carbons (Fsp3) is 0.304. The normalized spacial score (nSPS) is 15.8. The van der Waals surface area contributed by atoms with Crippen LogP contribution in [0.1, 0.15) is 29.8 Å². The van der Waals surface area contributed by atoms with Crippen molar-refractivity contribution in [2.45, 2.75) is 19.3 Å². The van der Waals surface area contributed by atoms with Crippen LogP contribution in [0.25, 0.3) is 0 Å². The highest BCUT2D eigenvalue weighted by Gasteiger charge is 2.38. The number of benzene rings is 2. The van der Waals surface area contributed by atoms with E-state index < -0.39 is 5.97 Å². The van der Waals surface area contributed by atoms with Gasteiger partial charge in [0.2, 0.25) is 0 Å². The number of anilines is 1. The predicted octanol–water partition coefficient (Wildman–Crippen LogP) is 3.74. The standard InChI is InChI=1S/C23H25NO5/c1-23(2)16-9-6-7-10-17(16)24(3)20(23)13-15(25)14-29-22(26)21-18(27-4)11-8-12-19(21)28-5/h6-13H,14H2,1-5H3/b20-13+. The van der Waals surface area contributed by atoms with Gasteiger partial charge >= 0.3 is 5.97 Å². The number of carbonyl (C=O) groups is 2. The number of ether oxygens (including phenoxy) is 3. The van der Waals surface area contributed by atoms with Crippen LogP contribution in [-0.4, -0.2) is 39.6 Å². The Morgan fingerprint density at radius 3 is 2.21 bits per heavy atom. The van der Waals surface area contributed by atoms with Crippen molar-refractivity contribution in [3.63, 3.8) is 0 Å².